The zero-order valence-corrected chi connectivity index (χ0v) is 8.04. The first-order valence-electron chi connectivity index (χ1n) is 2.78. The average molecular weight is 223 g/mol. The van der Waals surface area contributed by atoms with E-state index in [0.717, 1.165) is 0 Å². The van der Waals surface area contributed by atoms with Crippen LogP contribution in [0, 0.1) is 14.8 Å². The maximum absolute atomic E-state index is 10.3. The summed E-state index contributed by atoms with van der Waals surface area (Å²) in [6.45, 7) is 0. The van der Waals surface area contributed by atoms with E-state index in [1.807, 2.05) is 0 Å². The van der Waals surface area contributed by atoms with Gasteiger partial charge in [0.2, 0.25) is 0 Å². The molecule has 12 heavy (non-hydrogen) atoms. The highest BCUT2D eigenvalue weighted by Crippen LogP contribution is 2.23. The monoisotopic (exact) mass is 222 g/mol. The van der Waals surface area contributed by atoms with Crippen molar-refractivity contribution < 1.29 is 4.92 Å². The van der Waals surface area contributed by atoms with E-state index in [1.54, 1.807) is 0 Å². The predicted octanol–water partition coefficient (Wildman–Crippen LogP) is 2.59. The van der Waals surface area contributed by atoms with Crippen LogP contribution in [-0.2, 0) is 0 Å². The number of rotatable bonds is 1. The fourth-order valence-electron chi connectivity index (χ4n) is 0.622. The minimum absolute atomic E-state index is 0.00259. The topological polar surface area (TPSA) is 58.9 Å². The summed E-state index contributed by atoms with van der Waals surface area (Å²) < 4.78 is 0.00259. The van der Waals surface area contributed by atoms with Crippen molar-refractivity contribution in [2.75, 3.05) is 0 Å². The van der Waals surface area contributed by atoms with Crippen molar-refractivity contribution in [1.82, 2.24) is 4.98 Å². The molecule has 0 aromatic carbocycles. The Hall–Kier alpha value is -0.590. The van der Waals surface area contributed by atoms with Gasteiger partial charge in [0.1, 0.15) is 5.15 Å². The van der Waals surface area contributed by atoms with Crippen LogP contribution < -0.4 is 0 Å². The number of thiol groups is 1. The molecule has 1 aromatic heterocycles. The molecule has 0 saturated carbocycles. The van der Waals surface area contributed by atoms with Gasteiger partial charge in [0.25, 0.3) is 0 Å². The van der Waals surface area contributed by atoms with Crippen molar-refractivity contribution >= 4 is 42.1 Å². The van der Waals surface area contributed by atoms with Gasteiger partial charge >= 0.3 is 5.69 Å². The van der Waals surface area contributed by atoms with Gasteiger partial charge in [-0.25, -0.2) is 0 Å². The molecule has 1 rings (SSSR count). The molecule has 0 atom stereocenters. The molecule has 0 aliphatic heterocycles. The number of nitrogens with one attached hydrogen (secondary N) is 1. The van der Waals surface area contributed by atoms with Crippen LogP contribution in [0.25, 0.3) is 0 Å². The largest absolute Gasteiger partial charge is 0.331 e. The second-order valence-corrected chi connectivity index (χ2v) is 3.21. The normalized spacial score (nSPS) is 9.83. The summed E-state index contributed by atoms with van der Waals surface area (Å²) in [5.41, 5.74) is -0.195. The zero-order chi connectivity index (χ0) is 9.30. The number of nitro groups is 1. The number of aromatic nitrogens is 1. The molecule has 1 N–H and O–H groups in total. The van der Waals surface area contributed by atoms with Crippen LogP contribution in [0.15, 0.2) is 11.0 Å². The van der Waals surface area contributed by atoms with Gasteiger partial charge in [-0.3, -0.25) is 10.1 Å². The second kappa shape index (κ2) is 3.42. The van der Waals surface area contributed by atoms with Crippen molar-refractivity contribution in [2.24, 2.45) is 0 Å². The molecule has 0 radical (unpaired) electrons. The Kier molecular flexibility index (Phi) is 2.71. The molecule has 1 heterocycles. The Morgan fingerprint density at radius 2 is 2.33 bits per heavy atom. The van der Waals surface area contributed by atoms with Crippen LogP contribution in [0.4, 0.5) is 5.69 Å². The molecule has 0 unspecified atom stereocenters. The maximum atomic E-state index is 10.3. The van der Waals surface area contributed by atoms with Gasteiger partial charge < -0.3 is 4.98 Å². The van der Waals surface area contributed by atoms with Crippen molar-refractivity contribution in [1.29, 1.82) is 0 Å². The summed E-state index contributed by atoms with van der Waals surface area (Å²) in [4.78, 5) is 12.5. The van der Waals surface area contributed by atoms with E-state index in [2.05, 4.69) is 29.8 Å². The molecule has 0 aliphatic rings. The number of hydrogen-bond acceptors (Lipinski definition) is 4. The molecule has 0 fully saturated rings. The number of halogens is 1. The summed E-state index contributed by atoms with van der Waals surface area (Å²) in [5.74, 6) is 0. The Labute approximate surface area is 83.1 Å². The maximum Gasteiger partial charge on any atom is 0.305 e. The standard InChI is InChI=1S/C5H3ClN2O2S2/c6-4-3(11)1-2(8(9)10)5(12)7-4/h1,11H,(H,7,12). The summed E-state index contributed by atoms with van der Waals surface area (Å²) in [6, 6.07) is 1.21. The van der Waals surface area contributed by atoms with Crippen LogP contribution in [0.5, 0.6) is 0 Å². The molecular weight excluding hydrogens is 220 g/mol. The molecule has 0 spiro atoms. The molecule has 7 heteroatoms. The molecule has 0 aliphatic carbocycles. The van der Waals surface area contributed by atoms with Gasteiger partial charge in [-0.15, -0.1) is 12.6 Å². The van der Waals surface area contributed by atoms with Crippen molar-refractivity contribution in [3.8, 4) is 0 Å². The summed E-state index contributed by atoms with van der Waals surface area (Å²) in [5, 5.41) is 10.5. The molecule has 0 saturated heterocycles. The third-order valence-electron chi connectivity index (χ3n) is 1.15. The fraction of sp³-hybridized carbons (Fsp3) is 0. The van der Waals surface area contributed by atoms with Gasteiger partial charge in [-0.1, -0.05) is 23.8 Å². The van der Waals surface area contributed by atoms with Crippen LogP contribution in [0.1, 0.15) is 0 Å². The van der Waals surface area contributed by atoms with E-state index < -0.39 is 4.92 Å². The van der Waals surface area contributed by atoms with Crippen LogP contribution >= 0.6 is 36.4 Å². The van der Waals surface area contributed by atoms with E-state index >= 15 is 0 Å². The van der Waals surface area contributed by atoms with Gasteiger partial charge in [0.05, 0.1) is 4.92 Å². The lowest BCUT2D eigenvalue weighted by atomic mass is 10.4. The van der Waals surface area contributed by atoms with Gasteiger partial charge in [-0.2, -0.15) is 0 Å². The van der Waals surface area contributed by atoms with E-state index in [0.29, 0.717) is 4.90 Å². The van der Waals surface area contributed by atoms with E-state index in [1.165, 1.54) is 6.07 Å². The minimum Gasteiger partial charge on any atom is -0.331 e. The highest BCUT2D eigenvalue weighted by atomic mass is 35.5. The summed E-state index contributed by atoms with van der Waals surface area (Å²) in [6.07, 6.45) is 0. The summed E-state index contributed by atoms with van der Waals surface area (Å²) in [7, 11) is 0. The van der Waals surface area contributed by atoms with Crippen molar-refractivity contribution in [3.05, 3.63) is 26.0 Å². The molecule has 4 nitrogen and oxygen atoms in total. The van der Waals surface area contributed by atoms with Gasteiger partial charge in [0, 0.05) is 11.0 Å². The third kappa shape index (κ3) is 1.77. The molecular formula is C5H3ClN2O2S2. The van der Waals surface area contributed by atoms with Crippen molar-refractivity contribution in [2.45, 2.75) is 4.90 Å². The number of pyridine rings is 1. The molecule has 0 bridgehead atoms. The molecule has 1 aromatic rings. The lowest BCUT2D eigenvalue weighted by Crippen LogP contribution is -1.91. The van der Waals surface area contributed by atoms with Gasteiger partial charge in [-0.05, 0) is 0 Å². The molecule has 0 amide bonds. The van der Waals surface area contributed by atoms with E-state index in [4.69, 9.17) is 11.6 Å². The number of nitrogens with zero attached hydrogens (tertiary/aromatic N) is 1. The highest BCUT2D eigenvalue weighted by Gasteiger charge is 2.10. The number of hydrogen-bond donors (Lipinski definition) is 2. The first kappa shape index (κ1) is 9.50. The Morgan fingerprint density at radius 3 is 2.83 bits per heavy atom. The Balaban J connectivity index is 3.43. The lowest BCUT2D eigenvalue weighted by molar-refractivity contribution is -0.385. The third-order valence-corrected chi connectivity index (χ3v) is 2.24. The number of H-pyrrole nitrogens is 1. The second-order valence-electron chi connectivity index (χ2n) is 1.94. The zero-order valence-electron chi connectivity index (χ0n) is 5.57. The van der Waals surface area contributed by atoms with Crippen LogP contribution in [0.3, 0.4) is 0 Å². The highest BCUT2D eigenvalue weighted by molar-refractivity contribution is 7.80. The molecule has 64 valence electrons. The Morgan fingerprint density at radius 1 is 1.75 bits per heavy atom. The first-order chi connectivity index (χ1) is 5.52. The Bertz CT molecular complexity index is 390. The SMILES string of the molecule is O=[N+]([O-])c1cc(S)c(Cl)[nH]c1=S. The minimum atomic E-state index is -0.588. The van der Waals surface area contributed by atoms with Crippen LogP contribution in [-0.4, -0.2) is 9.91 Å². The van der Waals surface area contributed by atoms with Crippen molar-refractivity contribution in [3.63, 3.8) is 0 Å². The van der Waals surface area contributed by atoms with Gasteiger partial charge in [0.15, 0.2) is 4.64 Å². The fourth-order valence-corrected chi connectivity index (χ4v) is 1.24. The number of aromatic amines is 1. The quantitative estimate of drug-likeness (QED) is 0.253. The van der Waals surface area contributed by atoms with Crippen LogP contribution in [0.2, 0.25) is 5.15 Å². The average Bonchev–Trinajstić information content (AvgIpc) is 1.96. The van der Waals surface area contributed by atoms with E-state index in [9.17, 15) is 10.1 Å². The lowest BCUT2D eigenvalue weighted by Gasteiger charge is -1.96. The smallest absolute Gasteiger partial charge is 0.305 e. The first-order valence-corrected chi connectivity index (χ1v) is 4.02. The summed E-state index contributed by atoms with van der Waals surface area (Å²) >= 11 is 14.1. The predicted molar refractivity (Wildman–Crippen MR) is 50.5 cm³/mol. The van der Waals surface area contributed by atoms with E-state index in [-0.39, 0.29) is 15.5 Å².